The van der Waals surface area contributed by atoms with Crippen molar-refractivity contribution in [2.24, 2.45) is 0 Å². The minimum absolute atomic E-state index is 0. The molecule has 7 heteroatoms. The van der Waals surface area contributed by atoms with Crippen LogP contribution in [0.4, 0.5) is 10.5 Å². The number of anilines is 1. The average Bonchev–Trinajstić information content (AvgIpc) is 2.90. The number of nitrogens with one attached hydrogen (secondary N) is 3. The van der Waals surface area contributed by atoms with E-state index in [0.717, 1.165) is 18.7 Å². The van der Waals surface area contributed by atoms with Crippen LogP contribution in [0.5, 0.6) is 0 Å². The molecule has 21 heavy (non-hydrogen) atoms. The first-order valence-corrected chi connectivity index (χ1v) is 6.80. The van der Waals surface area contributed by atoms with Gasteiger partial charge in [-0.05, 0) is 44.3 Å². The van der Waals surface area contributed by atoms with Crippen molar-refractivity contribution < 1.29 is 9.59 Å². The summed E-state index contributed by atoms with van der Waals surface area (Å²) in [4.78, 5) is 25.1. The van der Waals surface area contributed by atoms with E-state index in [9.17, 15) is 9.59 Å². The molecule has 0 radical (unpaired) electrons. The Morgan fingerprint density at radius 1 is 1.29 bits per heavy atom. The second-order valence-corrected chi connectivity index (χ2v) is 4.64. The number of nitrogens with zero attached hydrogens (tertiary/aromatic N) is 1. The summed E-state index contributed by atoms with van der Waals surface area (Å²) >= 11 is 0. The molecule has 1 fully saturated rings. The molecule has 6 nitrogen and oxygen atoms in total. The topological polar surface area (TPSA) is 73.5 Å². The smallest absolute Gasteiger partial charge is 0.321 e. The fraction of sp³-hybridized carbons (Fsp3) is 0.429. The maximum atomic E-state index is 11.9. The van der Waals surface area contributed by atoms with Crippen LogP contribution in [0.1, 0.15) is 16.8 Å². The molecule has 3 N–H and O–H groups in total. The quantitative estimate of drug-likeness (QED) is 0.686. The van der Waals surface area contributed by atoms with Crippen LogP contribution in [0.2, 0.25) is 0 Å². The van der Waals surface area contributed by atoms with E-state index in [0.29, 0.717) is 25.2 Å². The van der Waals surface area contributed by atoms with E-state index in [1.165, 1.54) is 0 Å². The minimum Gasteiger partial charge on any atom is -0.352 e. The van der Waals surface area contributed by atoms with Gasteiger partial charge in [-0.2, -0.15) is 0 Å². The number of halogens is 1. The summed E-state index contributed by atoms with van der Waals surface area (Å²) in [6.07, 6.45) is 0.897. The van der Waals surface area contributed by atoms with E-state index in [1.807, 2.05) is 7.05 Å². The number of amides is 3. The average molecular weight is 313 g/mol. The Balaban J connectivity index is 0.00000220. The van der Waals surface area contributed by atoms with Crippen LogP contribution < -0.4 is 20.9 Å². The summed E-state index contributed by atoms with van der Waals surface area (Å²) in [5.41, 5.74) is 1.42. The van der Waals surface area contributed by atoms with Crippen LogP contribution >= 0.6 is 12.4 Å². The molecule has 0 saturated carbocycles. The normalized spacial score (nSPS) is 13.6. The first-order valence-electron chi connectivity index (χ1n) is 6.80. The third kappa shape index (κ3) is 4.61. The monoisotopic (exact) mass is 312 g/mol. The van der Waals surface area contributed by atoms with Gasteiger partial charge in [0.2, 0.25) is 0 Å². The van der Waals surface area contributed by atoms with Crippen molar-refractivity contribution >= 4 is 30.0 Å². The number of carbonyl (C=O) groups is 2. The van der Waals surface area contributed by atoms with Crippen molar-refractivity contribution in [3.63, 3.8) is 0 Å². The molecule has 0 atom stereocenters. The zero-order valence-electron chi connectivity index (χ0n) is 12.0. The molecule has 0 spiro atoms. The zero-order valence-corrected chi connectivity index (χ0v) is 12.8. The maximum absolute atomic E-state index is 11.9. The molecule has 116 valence electrons. The first-order chi connectivity index (χ1) is 9.72. The Morgan fingerprint density at radius 3 is 2.57 bits per heavy atom. The van der Waals surface area contributed by atoms with Crippen LogP contribution in [0.25, 0.3) is 0 Å². The van der Waals surface area contributed by atoms with Gasteiger partial charge >= 0.3 is 6.03 Å². The van der Waals surface area contributed by atoms with E-state index in [1.54, 1.807) is 29.2 Å². The number of rotatable bonds is 6. The van der Waals surface area contributed by atoms with Crippen molar-refractivity contribution in [3.8, 4) is 0 Å². The van der Waals surface area contributed by atoms with Gasteiger partial charge < -0.3 is 16.0 Å². The molecule has 1 saturated heterocycles. The van der Waals surface area contributed by atoms with E-state index < -0.39 is 0 Å². The number of carbonyl (C=O) groups excluding carboxylic acids is 2. The van der Waals surface area contributed by atoms with E-state index in [4.69, 9.17) is 0 Å². The highest BCUT2D eigenvalue weighted by atomic mass is 35.5. The lowest BCUT2D eigenvalue weighted by Gasteiger charge is -2.14. The van der Waals surface area contributed by atoms with Gasteiger partial charge in [-0.1, -0.05) is 0 Å². The summed E-state index contributed by atoms with van der Waals surface area (Å²) in [5, 5.41) is 8.64. The molecule has 1 aromatic rings. The van der Waals surface area contributed by atoms with Crippen LogP contribution in [-0.2, 0) is 0 Å². The minimum atomic E-state index is -0.0886. The number of hydrogen-bond donors (Lipinski definition) is 3. The second kappa shape index (κ2) is 8.49. The molecular formula is C14H21ClN4O2. The van der Waals surface area contributed by atoms with Gasteiger partial charge in [-0.25, -0.2) is 4.79 Å². The Bertz CT molecular complexity index is 478. The molecular weight excluding hydrogens is 292 g/mol. The molecule has 1 aliphatic rings. The van der Waals surface area contributed by atoms with E-state index >= 15 is 0 Å². The third-order valence-electron chi connectivity index (χ3n) is 3.19. The highest BCUT2D eigenvalue weighted by Crippen LogP contribution is 2.17. The SMILES string of the molecule is CNCCCNC(=O)c1ccc(N2CCNC2=O)cc1.Cl. The molecule has 0 unspecified atom stereocenters. The van der Waals surface area contributed by atoms with Crippen molar-refractivity contribution in [1.82, 2.24) is 16.0 Å². The molecule has 3 amide bonds. The predicted molar refractivity (Wildman–Crippen MR) is 85.3 cm³/mol. The fourth-order valence-corrected chi connectivity index (χ4v) is 2.08. The Morgan fingerprint density at radius 2 is 2.00 bits per heavy atom. The second-order valence-electron chi connectivity index (χ2n) is 4.64. The molecule has 0 bridgehead atoms. The molecule has 0 aromatic heterocycles. The van der Waals surface area contributed by atoms with Crippen LogP contribution in [0.3, 0.4) is 0 Å². The van der Waals surface area contributed by atoms with Gasteiger partial charge in [0.25, 0.3) is 5.91 Å². The van der Waals surface area contributed by atoms with Crippen LogP contribution in [-0.4, -0.2) is 45.2 Å². The van der Waals surface area contributed by atoms with Crippen molar-refractivity contribution in [2.45, 2.75) is 6.42 Å². The van der Waals surface area contributed by atoms with E-state index in [-0.39, 0.29) is 24.3 Å². The standard InChI is InChI=1S/C14H20N4O2.ClH/c1-15-7-2-8-16-13(19)11-3-5-12(6-4-11)18-10-9-17-14(18)20;/h3-6,15H,2,7-10H2,1H3,(H,16,19)(H,17,20);1H. The fourth-order valence-electron chi connectivity index (χ4n) is 2.08. The van der Waals surface area contributed by atoms with Crippen molar-refractivity contribution in [2.75, 3.05) is 38.1 Å². The van der Waals surface area contributed by atoms with Crippen LogP contribution in [0, 0.1) is 0 Å². The third-order valence-corrected chi connectivity index (χ3v) is 3.19. The summed E-state index contributed by atoms with van der Waals surface area (Å²) in [6.45, 7) is 2.85. The van der Waals surface area contributed by atoms with Gasteiger partial charge in [0, 0.05) is 30.9 Å². The zero-order chi connectivity index (χ0) is 14.4. The van der Waals surface area contributed by atoms with Crippen molar-refractivity contribution in [1.29, 1.82) is 0 Å². The molecule has 1 aliphatic heterocycles. The lowest BCUT2D eigenvalue weighted by molar-refractivity contribution is 0.0953. The largest absolute Gasteiger partial charge is 0.352 e. The summed E-state index contributed by atoms with van der Waals surface area (Å²) in [7, 11) is 1.88. The lowest BCUT2D eigenvalue weighted by Crippen LogP contribution is -2.28. The van der Waals surface area contributed by atoms with Gasteiger partial charge in [-0.3, -0.25) is 9.69 Å². The number of benzene rings is 1. The summed E-state index contributed by atoms with van der Waals surface area (Å²) in [5.74, 6) is -0.0847. The Hall–Kier alpha value is -1.79. The summed E-state index contributed by atoms with van der Waals surface area (Å²) in [6, 6.07) is 7.00. The number of hydrogen-bond acceptors (Lipinski definition) is 3. The van der Waals surface area contributed by atoms with Crippen LogP contribution in [0.15, 0.2) is 24.3 Å². The molecule has 2 rings (SSSR count). The van der Waals surface area contributed by atoms with E-state index in [2.05, 4.69) is 16.0 Å². The summed E-state index contributed by atoms with van der Waals surface area (Å²) < 4.78 is 0. The first kappa shape index (κ1) is 17.3. The highest BCUT2D eigenvalue weighted by Gasteiger charge is 2.20. The number of urea groups is 1. The highest BCUT2D eigenvalue weighted by molar-refractivity contribution is 5.96. The van der Waals surface area contributed by atoms with Gasteiger partial charge in [-0.15, -0.1) is 12.4 Å². The molecule has 1 aromatic carbocycles. The van der Waals surface area contributed by atoms with Gasteiger partial charge in [0.15, 0.2) is 0 Å². The lowest BCUT2D eigenvalue weighted by atomic mass is 10.2. The van der Waals surface area contributed by atoms with Gasteiger partial charge in [0.05, 0.1) is 0 Å². The predicted octanol–water partition coefficient (Wildman–Crippen LogP) is 0.977. The molecule has 1 heterocycles. The molecule has 0 aliphatic carbocycles. The Kier molecular flexibility index (Phi) is 6.98. The van der Waals surface area contributed by atoms with Crippen molar-refractivity contribution in [3.05, 3.63) is 29.8 Å². The van der Waals surface area contributed by atoms with Gasteiger partial charge in [0.1, 0.15) is 0 Å². The Labute approximate surface area is 130 Å². The maximum Gasteiger partial charge on any atom is 0.321 e.